The molecule has 29 heavy (non-hydrogen) atoms. The molecule has 1 amide bonds. The molecule has 0 unspecified atom stereocenters. The number of rotatable bonds is 3. The molecule has 1 N–H and O–H groups in total. The summed E-state index contributed by atoms with van der Waals surface area (Å²) in [4.78, 5) is 16.4. The third kappa shape index (κ3) is 3.55. The number of hydrogen-bond acceptors (Lipinski definition) is 6. The van der Waals surface area contributed by atoms with Crippen molar-refractivity contribution in [1.82, 2.24) is 15.1 Å². The maximum absolute atomic E-state index is 14.7. The van der Waals surface area contributed by atoms with E-state index >= 15 is 0 Å². The van der Waals surface area contributed by atoms with E-state index in [1.807, 2.05) is 6.07 Å². The lowest BCUT2D eigenvalue weighted by atomic mass is 9.96. The number of halogens is 3. The molecule has 1 saturated heterocycles. The first-order valence-corrected chi connectivity index (χ1v) is 11.1. The van der Waals surface area contributed by atoms with E-state index in [4.69, 9.17) is 4.74 Å². The van der Waals surface area contributed by atoms with Crippen molar-refractivity contribution in [1.29, 1.82) is 0 Å². The van der Waals surface area contributed by atoms with E-state index in [1.54, 1.807) is 17.0 Å². The minimum absolute atomic E-state index is 0.0831. The first kappa shape index (κ1) is 19.3. The number of fused-ring (bicyclic) bond motifs is 2. The second-order valence-electron chi connectivity index (χ2n) is 7.80. The average molecular weight is 485 g/mol. The van der Waals surface area contributed by atoms with Gasteiger partial charge in [0.05, 0.1) is 18.1 Å². The summed E-state index contributed by atoms with van der Waals surface area (Å²) < 4.78 is 35.4. The maximum atomic E-state index is 14.7. The van der Waals surface area contributed by atoms with E-state index in [0.29, 0.717) is 35.1 Å². The van der Waals surface area contributed by atoms with Crippen molar-refractivity contribution in [3.63, 3.8) is 0 Å². The molecule has 0 spiro atoms. The molecule has 2 aliphatic heterocycles. The fourth-order valence-corrected chi connectivity index (χ4v) is 5.92. The summed E-state index contributed by atoms with van der Waals surface area (Å²) in [6, 6.07) is 4.83. The first-order chi connectivity index (χ1) is 13.9. The number of carbonyl (C=O) groups is 1. The molecule has 2 aromatic heterocycles. The molecular weight excluding hydrogens is 466 g/mol. The van der Waals surface area contributed by atoms with Crippen LogP contribution >= 0.6 is 27.3 Å². The molecule has 154 valence electrons. The fraction of sp³-hybridized carbons (Fsp3) is 0.526. The molecule has 1 aliphatic carbocycles. The van der Waals surface area contributed by atoms with E-state index in [2.05, 4.69) is 31.4 Å². The standard InChI is InChI=1S/C19H19BrF2N4O2S/c20-16-1-2-17(25-24-16)23-13-6-19(21,22)12-8-26(7-11(12)13)18(27)15-5-10-9-28-4-3-14(10)29-15/h1-2,5,11-13H,3-4,6-9H2,(H,23,25)/t11-,12+,13-/m1/s1. The molecule has 0 aromatic carbocycles. The summed E-state index contributed by atoms with van der Waals surface area (Å²) >= 11 is 4.68. The van der Waals surface area contributed by atoms with Gasteiger partial charge in [0.25, 0.3) is 11.8 Å². The van der Waals surface area contributed by atoms with E-state index < -0.39 is 17.9 Å². The van der Waals surface area contributed by atoms with Gasteiger partial charge in [-0.1, -0.05) is 0 Å². The van der Waals surface area contributed by atoms with Gasteiger partial charge in [0.15, 0.2) is 0 Å². The SMILES string of the molecule is O=C(c1cc2c(s1)CCOC2)N1C[C@H]2[C@H](Nc3ccc(Br)nn3)CC(F)(F)[C@H]2C1. The molecular formula is C19H19BrF2N4O2S. The van der Waals surface area contributed by atoms with Crippen LogP contribution < -0.4 is 5.32 Å². The Bertz CT molecular complexity index is 915. The lowest BCUT2D eigenvalue weighted by molar-refractivity contribution is -0.0391. The highest BCUT2D eigenvalue weighted by Gasteiger charge is 2.59. The smallest absolute Gasteiger partial charge is 0.263 e. The van der Waals surface area contributed by atoms with Crippen molar-refractivity contribution in [2.45, 2.75) is 31.4 Å². The molecule has 3 atom stereocenters. The number of amides is 1. The predicted molar refractivity (Wildman–Crippen MR) is 107 cm³/mol. The van der Waals surface area contributed by atoms with E-state index in [1.165, 1.54) is 11.3 Å². The van der Waals surface area contributed by atoms with Crippen LogP contribution in [0.4, 0.5) is 14.6 Å². The molecule has 2 aromatic rings. The number of alkyl halides is 2. The zero-order chi connectivity index (χ0) is 20.2. The average Bonchev–Trinajstić information content (AvgIpc) is 3.38. The Hall–Kier alpha value is -1.65. The quantitative estimate of drug-likeness (QED) is 0.720. The van der Waals surface area contributed by atoms with Gasteiger partial charge in [-0.05, 0) is 39.7 Å². The molecule has 3 aliphatic rings. The van der Waals surface area contributed by atoms with Crippen LogP contribution in [-0.2, 0) is 17.8 Å². The van der Waals surface area contributed by atoms with Crippen molar-refractivity contribution in [3.8, 4) is 0 Å². The van der Waals surface area contributed by atoms with Gasteiger partial charge in [0.1, 0.15) is 10.4 Å². The minimum Gasteiger partial charge on any atom is -0.376 e. The third-order valence-corrected chi connectivity index (χ3v) is 7.66. The van der Waals surface area contributed by atoms with Gasteiger partial charge in [-0.3, -0.25) is 4.79 Å². The highest BCUT2D eigenvalue weighted by Crippen LogP contribution is 2.49. The highest BCUT2D eigenvalue weighted by atomic mass is 79.9. The molecule has 1 saturated carbocycles. The molecule has 10 heteroatoms. The maximum Gasteiger partial charge on any atom is 0.263 e. The summed E-state index contributed by atoms with van der Waals surface area (Å²) in [6.07, 6.45) is 0.545. The van der Waals surface area contributed by atoms with Crippen LogP contribution in [0.5, 0.6) is 0 Å². The molecule has 0 bridgehead atoms. The molecule has 2 fully saturated rings. The van der Waals surface area contributed by atoms with Gasteiger partial charge in [0, 0.05) is 48.7 Å². The second-order valence-corrected chi connectivity index (χ2v) is 9.75. The lowest BCUT2D eigenvalue weighted by Crippen LogP contribution is -2.35. The zero-order valence-corrected chi connectivity index (χ0v) is 17.8. The molecule has 4 heterocycles. The van der Waals surface area contributed by atoms with Crippen molar-refractivity contribution >= 4 is 39.0 Å². The summed E-state index contributed by atoms with van der Waals surface area (Å²) in [7, 11) is 0. The number of hydrogen-bond donors (Lipinski definition) is 1. The van der Waals surface area contributed by atoms with Crippen LogP contribution in [0.1, 0.15) is 26.5 Å². The monoisotopic (exact) mass is 484 g/mol. The largest absolute Gasteiger partial charge is 0.376 e. The summed E-state index contributed by atoms with van der Waals surface area (Å²) in [5.41, 5.74) is 1.04. The second kappa shape index (κ2) is 7.24. The molecule has 5 rings (SSSR count). The molecule has 0 radical (unpaired) electrons. The van der Waals surface area contributed by atoms with Crippen LogP contribution in [0.2, 0.25) is 0 Å². The number of nitrogens with zero attached hydrogens (tertiary/aromatic N) is 3. The van der Waals surface area contributed by atoms with Crippen molar-refractivity contribution in [3.05, 3.63) is 38.1 Å². The minimum atomic E-state index is -2.82. The Morgan fingerprint density at radius 1 is 1.34 bits per heavy atom. The van der Waals surface area contributed by atoms with Gasteiger partial charge in [-0.2, -0.15) is 0 Å². The third-order valence-electron chi connectivity index (χ3n) is 6.01. The van der Waals surface area contributed by atoms with Gasteiger partial charge in [0.2, 0.25) is 0 Å². The lowest BCUT2D eigenvalue weighted by Gasteiger charge is -2.22. The normalized spacial score (nSPS) is 27.6. The zero-order valence-electron chi connectivity index (χ0n) is 15.4. The van der Waals surface area contributed by atoms with Crippen LogP contribution in [0.25, 0.3) is 0 Å². The first-order valence-electron chi connectivity index (χ1n) is 9.53. The number of likely N-dealkylation sites (tertiary alicyclic amines) is 1. The Kier molecular flexibility index (Phi) is 4.83. The topological polar surface area (TPSA) is 67.3 Å². The number of anilines is 1. The Balaban J connectivity index is 1.33. The number of carbonyl (C=O) groups excluding carboxylic acids is 1. The highest BCUT2D eigenvalue weighted by molar-refractivity contribution is 9.10. The van der Waals surface area contributed by atoms with E-state index in [0.717, 1.165) is 16.9 Å². The van der Waals surface area contributed by atoms with Crippen molar-refractivity contribution in [2.24, 2.45) is 11.8 Å². The van der Waals surface area contributed by atoms with Crippen LogP contribution in [-0.4, -0.2) is 52.7 Å². The van der Waals surface area contributed by atoms with Gasteiger partial charge < -0.3 is 15.0 Å². The Morgan fingerprint density at radius 3 is 2.97 bits per heavy atom. The number of aromatic nitrogens is 2. The van der Waals surface area contributed by atoms with Crippen LogP contribution in [0, 0.1) is 11.8 Å². The predicted octanol–water partition coefficient (Wildman–Crippen LogP) is 3.58. The number of nitrogens with one attached hydrogen (secondary N) is 1. The number of thiophene rings is 1. The summed E-state index contributed by atoms with van der Waals surface area (Å²) in [6.45, 7) is 1.58. The Morgan fingerprint density at radius 2 is 2.21 bits per heavy atom. The van der Waals surface area contributed by atoms with Crippen LogP contribution in [0.15, 0.2) is 22.8 Å². The van der Waals surface area contributed by atoms with Gasteiger partial charge in [-0.25, -0.2) is 8.78 Å². The molecule has 6 nitrogen and oxygen atoms in total. The fourth-order valence-electron chi connectivity index (χ4n) is 4.59. The Labute approximate surface area is 178 Å². The summed E-state index contributed by atoms with van der Waals surface area (Å²) in [5, 5.41) is 11.0. The van der Waals surface area contributed by atoms with Gasteiger partial charge in [-0.15, -0.1) is 21.5 Å². The summed E-state index contributed by atoms with van der Waals surface area (Å²) in [5.74, 6) is -3.67. The van der Waals surface area contributed by atoms with Crippen LogP contribution in [0.3, 0.4) is 0 Å². The number of ether oxygens (including phenoxy) is 1. The van der Waals surface area contributed by atoms with Gasteiger partial charge >= 0.3 is 0 Å². The van der Waals surface area contributed by atoms with E-state index in [-0.39, 0.29) is 24.8 Å². The van der Waals surface area contributed by atoms with E-state index in [9.17, 15) is 13.6 Å². The van der Waals surface area contributed by atoms with Crippen molar-refractivity contribution < 1.29 is 18.3 Å². The van der Waals surface area contributed by atoms with Crippen molar-refractivity contribution in [2.75, 3.05) is 25.0 Å².